The lowest BCUT2D eigenvalue weighted by Crippen LogP contribution is -2.37. The number of carbonyl (C=O) groups excluding carboxylic acids is 2. The number of nitrogens with one attached hydrogen (secondary N) is 2. The Morgan fingerprint density at radius 1 is 0.938 bits per heavy atom. The molecule has 4 aromatic rings. The zero-order valence-corrected chi connectivity index (χ0v) is 18.5. The number of hydrogen-bond acceptors (Lipinski definition) is 7. The number of aromatic nitrogens is 2. The predicted octanol–water partition coefficient (Wildman–Crippen LogP) is 3.55. The van der Waals surface area contributed by atoms with Gasteiger partial charge in [-0.1, -0.05) is 48.5 Å². The minimum absolute atomic E-state index is 0.0592. The average molecular weight is 467 g/mol. The lowest BCUT2D eigenvalue weighted by molar-refractivity contribution is -0.117. The van der Waals surface area contributed by atoms with Crippen LogP contribution in [0, 0.1) is 0 Å². The maximum absolute atomic E-state index is 13.2. The Labute approximate surface area is 188 Å². The van der Waals surface area contributed by atoms with Gasteiger partial charge in [0.25, 0.3) is 0 Å². The van der Waals surface area contributed by atoms with Crippen LogP contribution in [-0.2, 0) is 14.8 Å². The van der Waals surface area contributed by atoms with Crippen molar-refractivity contribution in [2.45, 2.75) is 17.9 Å². The molecule has 1 heterocycles. The molecule has 0 fully saturated rings. The summed E-state index contributed by atoms with van der Waals surface area (Å²) in [5, 5.41) is 2.70. The van der Waals surface area contributed by atoms with Crippen LogP contribution in [0.15, 0.2) is 77.7 Å². The normalized spacial score (nSPS) is 12.4. The van der Waals surface area contributed by atoms with Crippen molar-refractivity contribution in [3.8, 4) is 0 Å². The van der Waals surface area contributed by atoms with Crippen molar-refractivity contribution < 1.29 is 18.0 Å². The Morgan fingerprint density at radius 3 is 2.44 bits per heavy atom. The van der Waals surface area contributed by atoms with E-state index in [1.54, 1.807) is 66.7 Å². The van der Waals surface area contributed by atoms with E-state index in [1.807, 2.05) is 0 Å². The molecule has 3 aromatic carbocycles. The Balaban J connectivity index is 1.68. The molecule has 32 heavy (non-hydrogen) atoms. The van der Waals surface area contributed by atoms with Gasteiger partial charge in [0.2, 0.25) is 15.9 Å². The molecule has 0 unspecified atom stereocenters. The molecule has 0 radical (unpaired) electrons. The molecule has 4 rings (SSSR count). The summed E-state index contributed by atoms with van der Waals surface area (Å²) in [6, 6.07) is 18.4. The van der Waals surface area contributed by atoms with E-state index in [2.05, 4.69) is 18.8 Å². The molecular weight excluding hydrogens is 448 g/mol. The zero-order valence-electron chi connectivity index (χ0n) is 16.8. The summed E-state index contributed by atoms with van der Waals surface area (Å²) < 4.78 is 37.1. The number of carbonyl (C=O) groups is 2. The number of amides is 1. The molecule has 1 amide bonds. The van der Waals surface area contributed by atoms with Gasteiger partial charge in [-0.05, 0) is 36.8 Å². The van der Waals surface area contributed by atoms with E-state index in [9.17, 15) is 18.0 Å². The number of Topliss-reactive ketones (excluding diaryl/α,β-unsaturated/α-hetero) is 1. The summed E-state index contributed by atoms with van der Waals surface area (Å²) in [5.74, 6) is -0.740. The fourth-order valence-electron chi connectivity index (χ4n) is 3.17. The molecule has 0 aliphatic heterocycles. The first-order valence-electron chi connectivity index (χ1n) is 9.55. The second kappa shape index (κ2) is 8.95. The number of nitrogens with zero attached hydrogens (tertiary/aromatic N) is 2. The van der Waals surface area contributed by atoms with E-state index in [1.165, 1.54) is 13.0 Å². The van der Waals surface area contributed by atoms with Crippen molar-refractivity contribution in [1.29, 1.82) is 0 Å². The van der Waals surface area contributed by atoms with Gasteiger partial charge in [-0.3, -0.25) is 9.59 Å². The summed E-state index contributed by atoms with van der Waals surface area (Å²) >= 11 is 0.911. The largest absolute Gasteiger partial charge is 0.324 e. The lowest BCUT2D eigenvalue weighted by Gasteiger charge is -2.19. The van der Waals surface area contributed by atoms with Gasteiger partial charge in [-0.15, -0.1) is 0 Å². The number of anilines is 1. The van der Waals surface area contributed by atoms with E-state index < -0.39 is 22.0 Å². The Hall–Kier alpha value is -3.47. The van der Waals surface area contributed by atoms with E-state index in [4.69, 9.17) is 0 Å². The number of sulfonamides is 1. The molecule has 0 bridgehead atoms. The Morgan fingerprint density at radius 2 is 1.69 bits per heavy atom. The first-order chi connectivity index (χ1) is 15.3. The third kappa shape index (κ3) is 4.57. The molecule has 2 N–H and O–H groups in total. The van der Waals surface area contributed by atoms with Crippen molar-refractivity contribution in [3.05, 3.63) is 83.9 Å². The molecule has 0 saturated carbocycles. The van der Waals surface area contributed by atoms with Crippen molar-refractivity contribution in [1.82, 2.24) is 13.5 Å². The highest BCUT2D eigenvalue weighted by Gasteiger charge is 2.29. The highest BCUT2D eigenvalue weighted by Crippen LogP contribution is 2.24. The monoisotopic (exact) mass is 466 g/mol. The third-order valence-electron chi connectivity index (χ3n) is 4.74. The maximum Gasteiger partial charge on any atom is 0.247 e. The van der Waals surface area contributed by atoms with Crippen molar-refractivity contribution in [2.75, 3.05) is 5.32 Å². The summed E-state index contributed by atoms with van der Waals surface area (Å²) in [6.07, 6.45) is 0. The lowest BCUT2D eigenvalue weighted by atomic mass is 10.1. The van der Waals surface area contributed by atoms with E-state index >= 15 is 0 Å². The number of benzene rings is 3. The first kappa shape index (κ1) is 21.8. The highest BCUT2D eigenvalue weighted by atomic mass is 32.2. The molecule has 10 heteroatoms. The topological polar surface area (TPSA) is 118 Å². The molecule has 0 spiro atoms. The molecule has 8 nitrogen and oxygen atoms in total. The van der Waals surface area contributed by atoms with Gasteiger partial charge in [0.05, 0.1) is 11.7 Å². The minimum Gasteiger partial charge on any atom is -0.324 e. The summed E-state index contributed by atoms with van der Waals surface area (Å²) in [6.45, 7) is 1.43. The fraction of sp³-hybridized carbons (Fsp3) is 0.0909. The average Bonchev–Trinajstić information content (AvgIpc) is 3.27. The van der Waals surface area contributed by atoms with Crippen LogP contribution < -0.4 is 10.0 Å². The van der Waals surface area contributed by atoms with E-state index in [-0.39, 0.29) is 16.2 Å². The fourth-order valence-corrected chi connectivity index (χ4v) is 5.12. The number of hydrogen-bond donors (Lipinski definition) is 2. The molecule has 1 atom stereocenters. The van der Waals surface area contributed by atoms with Gasteiger partial charge in [-0.25, -0.2) is 8.42 Å². The van der Waals surface area contributed by atoms with Crippen LogP contribution in [0.1, 0.15) is 28.9 Å². The van der Waals surface area contributed by atoms with Gasteiger partial charge < -0.3 is 5.32 Å². The van der Waals surface area contributed by atoms with Crippen LogP contribution in [0.4, 0.5) is 5.69 Å². The number of ketones is 1. The van der Waals surface area contributed by atoms with E-state index in [0.29, 0.717) is 22.3 Å². The third-order valence-corrected chi connectivity index (χ3v) is 6.74. The summed E-state index contributed by atoms with van der Waals surface area (Å²) in [7, 11) is -4.12. The van der Waals surface area contributed by atoms with Crippen LogP contribution in [0.2, 0.25) is 0 Å². The number of rotatable bonds is 7. The van der Waals surface area contributed by atoms with Gasteiger partial charge in [0, 0.05) is 11.3 Å². The van der Waals surface area contributed by atoms with Crippen LogP contribution in [0.5, 0.6) is 0 Å². The minimum atomic E-state index is -4.12. The molecule has 1 aromatic heterocycles. The predicted molar refractivity (Wildman–Crippen MR) is 122 cm³/mol. The summed E-state index contributed by atoms with van der Waals surface area (Å²) in [5.41, 5.74) is 1.97. The van der Waals surface area contributed by atoms with Gasteiger partial charge >= 0.3 is 0 Å². The van der Waals surface area contributed by atoms with Crippen LogP contribution in [0.3, 0.4) is 0 Å². The molecule has 0 aliphatic rings. The maximum atomic E-state index is 13.2. The standard InChI is InChI=1S/C22H18N4O4S2/c1-14(27)16-9-5-10-17(13-16)23-22(28)20(15-7-3-2-4-8-15)26-32(29,30)19-12-6-11-18-21(19)25-31-24-18/h2-13,20,26H,1H3,(H,23,28)/t20-/m0/s1. The Kier molecular flexibility index (Phi) is 6.08. The summed E-state index contributed by atoms with van der Waals surface area (Å²) in [4.78, 5) is 24.8. The molecule has 162 valence electrons. The van der Waals surface area contributed by atoms with Gasteiger partial charge in [0.1, 0.15) is 22.0 Å². The van der Waals surface area contributed by atoms with Crippen LogP contribution in [-0.4, -0.2) is 28.9 Å². The van der Waals surface area contributed by atoms with Gasteiger partial charge in [0.15, 0.2) is 5.78 Å². The smallest absolute Gasteiger partial charge is 0.247 e. The van der Waals surface area contributed by atoms with Crippen molar-refractivity contribution in [2.24, 2.45) is 0 Å². The Bertz CT molecular complexity index is 1400. The van der Waals surface area contributed by atoms with Crippen molar-refractivity contribution in [3.63, 3.8) is 0 Å². The zero-order chi connectivity index (χ0) is 22.7. The SMILES string of the molecule is CC(=O)c1cccc(NC(=O)[C@@H](NS(=O)(=O)c2cccc3nsnc23)c2ccccc2)c1. The highest BCUT2D eigenvalue weighted by molar-refractivity contribution is 7.89. The van der Waals surface area contributed by atoms with Crippen LogP contribution in [0.25, 0.3) is 11.0 Å². The number of fused-ring (bicyclic) bond motifs is 1. The first-order valence-corrected chi connectivity index (χ1v) is 11.8. The van der Waals surface area contributed by atoms with E-state index in [0.717, 1.165) is 11.7 Å². The molecular formula is C22H18N4O4S2. The molecule has 0 saturated heterocycles. The van der Waals surface area contributed by atoms with Crippen LogP contribution >= 0.6 is 11.7 Å². The van der Waals surface area contributed by atoms with Gasteiger partial charge in [-0.2, -0.15) is 13.5 Å². The second-order valence-electron chi connectivity index (χ2n) is 6.98. The van der Waals surface area contributed by atoms with Crippen molar-refractivity contribution >= 4 is 50.2 Å². The molecule has 0 aliphatic carbocycles. The quantitative estimate of drug-likeness (QED) is 0.402. The second-order valence-corrected chi connectivity index (χ2v) is 9.19.